The van der Waals surface area contributed by atoms with Crippen LogP contribution in [0.4, 0.5) is 11.4 Å². The maximum absolute atomic E-state index is 12.8. The van der Waals surface area contributed by atoms with Crippen LogP contribution < -0.4 is 5.32 Å². The predicted molar refractivity (Wildman–Crippen MR) is 125 cm³/mol. The number of halogens is 1. The number of aliphatic hydroxyl groups excluding tert-OH is 1. The summed E-state index contributed by atoms with van der Waals surface area (Å²) in [6.45, 7) is 2.59. The molecule has 0 fully saturated rings. The Kier molecular flexibility index (Phi) is 7.29. The standard InChI is InChI=1S/C21H18ClN3O8S2/c1-11-9-19(35(31,32)33)17(10-15(11)22)24-25-20(12(2)26)21(27)23-16-7-8-18(34(28,29)30)14-6-4-3-5-13(14)16/h3-10,26H,1-2H3,(H,23,27)(H,28,29,30)(H,31,32,33)/p-2/b20-12+,25-24?. The molecule has 3 aromatic rings. The second kappa shape index (κ2) is 9.71. The highest BCUT2D eigenvalue weighted by Crippen LogP contribution is 2.32. The van der Waals surface area contributed by atoms with E-state index < -0.39 is 53.1 Å². The van der Waals surface area contributed by atoms with Crippen LogP contribution in [0.25, 0.3) is 10.8 Å². The van der Waals surface area contributed by atoms with Crippen molar-refractivity contribution in [2.45, 2.75) is 23.6 Å². The molecule has 0 bridgehead atoms. The quantitative estimate of drug-likeness (QED) is 0.203. The summed E-state index contributed by atoms with van der Waals surface area (Å²) in [5.74, 6) is -1.60. The molecule has 11 nitrogen and oxygen atoms in total. The Bertz CT molecular complexity index is 1630. The van der Waals surface area contributed by atoms with Crippen molar-refractivity contribution < 1.29 is 35.8 Å². The summed E-state index contributed by atoms with van der Waals surface area (Å²) in [5, 5.41) is 20.0. The lowest BCUT2D eigenvalue weighted by Gasteiger charge is -2.14. The molecule has 3 rings (SSSR count). The van der Waals surface area contributed by atoms with Gasteiger partial charge in [0.1, 0.15) is 31.7 Å². The van der Waals surface area contributed by atoms with Crippen molar-refractivity contribution in [1.29, 1.82) is 0 Å². The molecule has 184 valence electrons. The zero-order valence-electron chi connectivity index (χ0n) is 18.0. The number of carbonyl (C=O) groups excluding carboxylic acids is 1. The Hall–Kier alpha value is -3.36. The van der Waals surface area contributed by atoms with Gasteiger partial charge in [-0.05, 0) is 43.7 Å². The van der Waals surface area contributed by atoms with Gasteiger partial charge in [0.2, 0.25) is 0 Å². The normalized spacial score (nSPS) is 13.2. The van der Waals surface area contributed by atoms with Crippen molar-refractivity contribution in [2.24, 2.45) is 10.2 Å². The molecule has 0 saturated carbocycles. The monoisotopic (exact) mass is 537 g/mol. The first-order valence-electron chi connectivity index (χ1n) is 9.56. The van der Waals surface area contributed by atoms with E-state index in [9.17, 15) is 35.8 Å². The molecular weight excluding hydrogens is 522 g/mol. The third-order valence-electron chi connectivity index (χ3n) is 4.73. The molecule has 0 aliphatic rings. The van der Waals surface area contributed by atoms with Gasteiger partial charge in [-0.2, -0.15) is 0 Å². The molecule has 0 aromatic heterocycles. The van der Waals surface area contributed by atoms with Gasteiger partial charge in [-0.15, -0.1) is 10.2 Å². The fourth-order valence-electron chi connectivity index (χ4n) is 3.09. The number of carbonyl (C=O) groups is 1. The van der Waals surface area contributed by atoms with Crippen molar-refractivity contribution in [2.75, 3.05) is 5.32 Å². The number of azo groups is 1. The summed E-state index contributed by atoms with van der Waals surface area (Å²) in [4.78, 5) is 11.6. The Labute approximate surface area is 205 Å². The van der Waals surface area contributed by atoms with Gasteiger partial charge in [0.15, 0.2) is 5.70 Å². The molecule has 3 aromatic carbocycles. The highest BCUT2D eigenvalue weighted by molar-refractivity contribution is 7.86. The smallest absolute Gasteiger partial charge is 0.279 e. The maximum atomic E-state index is 12.8. The van der Waals surface area contributed by atoms with E-state index >= 15 is 0 Å². The van der Waals surface area contributed by atoms with Crippen LogP contribution in [0.1, 0.15) is 12.5 Å². The largest absolute Gasteiger partial charge is 0.744 e. The molecule has 0 heterocycles. The highest BCUT2D eigenvalue weighted by Gasteiger charge is 2.18. The molecule has 14 heteroatoms. The van der Waals surface area contributed by atoms with Crippen LogP contribution in [0.2, 0.25) is 5.02 Å². The Morgan fingerprint density at radius 3 is 2.14 bits per heavy atom. The van der Waals surface area contributed by atoms with Gasteiger partial charge in [0.25, 0.3) is 5.91 Å². The predicted octanol–water partition coefficient (Wildman–Crippen LogP) is 4.12. The number of anilines is 1. The van der Waals surface area contributed by atoms with Gasteiger partial charge in [0.05, 0.1) is 9.79 Å². The average Bonchev–Trinajstić information content (AvgIpc) is 2.74. The lowest BCUT2D eigenvalue weighted by molar-refractivity contribution is -0.113. The van der Waals surface area contributed by atoms with Crippen molar-refractivity contribution in [3.63, 3.8) is 0 Å². The maximum Gasteiger partial charge on any atom is 0.279 e. The van der Waals surface area contributed by atoms with Gasteiger partial charge >= 0.3 is 0 Å². The van der Waals surface area contributed by atoms with Crippen molar-refractivity contribution >= 4 is 59.9 Å². The van der Waals surface area contributed by atoms with E-state index in [1.54, 1.807) is 6.07 Å². The van der Waals surface area contributed by atoms with E-state index in [0.717, 1.165) is 25.1 Å². The molecule has 0 aliphatic carbocycles. The summed E-state index contributed by atoms with van der Waals surface area (Å²) >= 11 is 5.98. The molecule has 0 unspecified atom stereocenters. The molecule has 0 radical (unpaired) electrons. The third-order valence-corrected chi connectivity index (χ3v) is 6.89. The van der Waals surface area contributed by atoms with E-state index in [0.29, 0.717) is 5.56 Å². The number of benzene rings is 3. The first kappa shape index (κ1) is 26.2. The van der Waals surface area contributed by atoms with Crippen LogP contribution in [0, 0.1) is 6.92 Å². The zero-order chi connectivity index (χ0) is 26.1. The van der Waals surface area contributed by atoms with Crippen molar-refractivity contribution in [1.82, 2.24) is 0 Å². The Morgan fingerprint density at radius 2 is 1.57 bits per heavy atom. The molecular formula is C21H16ClN3O8S2-2. The zero-order valence-corrected chi connectivity index (χ0v) is 20.4. The number of fused-ring (bicyclic) bond motifs is 1. The number of aryl methyl sites for hydroxylation is 1. The number of hydrogen-bond donors (Lipinski definition) is 2. The molecule has 0 atom stereocenters. The van der Waals surface area contributed by atoms with Crippen LogP contribution >= 0.6 is 11.6 Å². The lowest BCUT2D eigenvalue weighted by Crippen LogP contribution is -2.15. The van der Waals surface area contributed by atoms with Crippen LogP contribution in [0.5, 0.6) is 0 Å². The van der Waals surface area contributed by atoms with E-state index in [-0.39, 0.29) is 21.5 Å². The minimum Gasteiger partial charge on any atom is -0.744 e. The summed E-state index contributed by atoms with van der Waals surface area (Å²) < 4.78 is 69.4. The lowest BCUT2D eigenvalue weighted by atomic mass is 10.1. The van der Waals surface area contributed by atoms with Crippen LogP contribution in [0.3, 0.4) is 0 Å². The van der Waals surface area contributed by atoms with Gasteiger partial charge in [0, 0.05) is 21.5 Å². The van der Waals surface area contributed by atoms with E-state index in [4.69, 9.17) is 11.6 Å². The first-order chi connectivity index (χ1) is 16.2. The fraction of sp³-hybridized carbons (Fsp3) is 0.0952. The number of nitrogens with zero attached hydrogens (tertiary/aromatic N) is 2. The number of allylic oxidation sites excluding steroid dienone is 1. The molecule has 1 amide bonds. The van der Waals surface area contributed by atoms with Gasteiger partial charge in [-0.1, -0.05) is 35.9 Å². The molecule has 0 spiro atoms. The fourth-order valence-corrected chi connectivity index (χ4v) is 4.61. The topological polar surface area (TPSA) is 188 Å². The van der Waals surface area contributed by atoms with Crippen LogP contribution in [-0.2, 0) is 25.0 Å². The number of nitrogens with one attached hydrogen (secondary N) is 1. The third kappa shape index (κ3) is 5.83. The van der Waals surface area contributed by atoms with Crippen molar-refractivity contribution in [3.8, 4) is 0 Å². The number of rotatable bonds is 6. The molecule has 0 aliphatic heterocycles. The van der Waals surface area contributed by atoms with Gasteiger partial charge in [-0.25, -0.2) is 16.8 Å². The van der Waals surface area contributed by atoms with Gasteiger partial charge in [-0.3, -0.25) is 4.79 Å². The van der Waals surface area contributed by atoms with Crippen LogP contribution in [0.15, 0.2) is 80.0 Å². The molecule has 0 saturated heterocycles. The Morgan fingerprint density at radius 1 is 0.971 bits per heavy atom. The first-order valence-corrected chi connectivity index (χ1v) is 12.8. The number of amides is 1. The second-order valence-electron chi connectivity index (χ2n) is 7.22. The molecule has 35 heavy (non-hydrogen) atoms. The van der Waals surface area contributed by atoms with Gasteiger partial charge < -0.3 is 19.5 Å². The highest BCUT2D eigenvalue weighted by atomic mass is 35.5. The minimum absolute atomic E-state index is 0.0627. The van der Waals surface area contributed by atoms with E-state index in [1.807, 2.05) is 0 Å². The number of hydrogen-bond acceptors (Lipinski definition) is 10. The van der Waals surface area contributed by atoms with Crippen molar-refractivity contribution in [3.05, 3.63) is 70.6 Å². The second-order valence-corrected chi connectivity index (χ2v) is 10.3. The van der Waals surface area contributed by atoms with Crippen LogP contribution in [-0.4, -0.2) is 37.0 Å². The summed E-state index contributed by atoms with van der Waals surface area (Å²) in [5.41, 5.74) is -0.700. The molecule has 2 N–H and O–H groups in total. The van der Waals surface area contributed by atoms with E-state index in [1.165, 1.54) is 31.2 Å². The Balaban J connectivity index is 2.03. The summed E-state index contributed by atoms with van der Waals surface area (Å²) in [6, 6.07) is 10.2. The number of aliphatic hydroxyl groups is 1. The minimum atomic E-state index is -4.97. The average molecular weight is 538 g/mol. The summed E-state index contributed by atoms with van der Waals surface area (Å²) in [6.07, 6.45) is 0. The SMILES string of the molecule is C/C(O)=C(\N=Nc1cc(Cl)c(C)cc1S(=O)(=O)[O-])C(=O)Nc1ccc(S(=O)(=O)[O-])c2ccccc12. The summed E-state index contributed by atoms with van der Waals surface area (Å²) in [7, 11) is -9.76. The van der Waals surface area contributed by atoms with E-state index in [2.05, 4.69) is 15.5 Å².